The van der Waals surface area contributed by atoms with Crippen LogP contribution in [-0.2, 0) is 19.4 Å². The maximum atomic E-state index is 13.2. The second-order valence-corrected chi connectivity index (χ2v) is 9.36. The van der Waals surface area contributed by atoms with Gasteiger partial charge in [-0.05, 0) is 48.6 Å². The molecule has 8 heteroatoms. The molecule has 1 fully saturated rings. The predicted octanol–water partition coefficient (Wildman–Crippen LogP) is 2.31. The molecular weight excluding hydrogens is 380 g/mol. The first-order valence-electron chi connectivity index (χ1n) is 9.25. The van der Waals surface area contributed by atoms with Gasteiger partial charge in [-0.15, -0.1) is 0 Å². The van der Waals surface area contributed by atoms with Crippen molar-refractivity contribution in [2.75, 3.05) is 6.54 Å². The van der Waals surface area contributed by atoms with E-state index in [4.69, 9.17) is 4.42 Å². The van der Waals surface area contributed by atoms with Crippen LogP contribution in [0.3, 0.4) is 0 Å². The number of benzene rings is 1. The van der Waals surface area contributed by atoms with E-state index in [2.05, 4.69) is 10.6 Å². The normalized spacial score (nSPS) is 15.2. The van der Waals surface area contributed by atoms with Gasteiger partial charge in [-0.2, -0.15) is 0 Å². The SMILES string of the molecule is CC(C)c1ccc(S(=O)(=O)[C@H](CNC(=O)C(=O)NC2CC2)c2ccco2)cc1. The third kappa shape index (κ3) is 4.62. The van der Waals surface area contributed by atoms with Gasteiger partial charge in [-0.3, -0.25) is 9.59 Å². The summed E-state index contributed by atoms with van der Waals surface area (Å²) < 4.78 is 31.6. The Morgan fingerprint density at radius 3 is 2.32 bits per heavy atom. The van der Waals surface area contributed by atoms with E-state index in [0.717, 1.165) is 18.4 Å². The van der Waals surface area contributed by atoms with Crippen LogP contribution in [0, 0.1) is 0 Å². The van der Waals surface area contributed by atoms with Crippen molar-refractivity contribution in [2.24, 2.45) is 0 Å². The van der Waals surface area contributed by atoms with E-state index >= 15 is 0 Å². The molecule has 1 aromatic carbocycles. The minimum absolute atomic E-state index is 0.0438. The summed E-state index contributed by atoms with van der Waals surface area (Å²) in [7, 11) is -3.84. The van der Waals surface area contributed by atoms with Crippen LogP contribution in [0.15, 0.2) is 52.0 Å². The number of rotatable bonds is 7. The maximum Gasteiger partial charge on any atom is 0.309 e. The summed E-state index contributed by atoms with van der Waals surface area (Å²) in [6.07, 6.45) is 3.09. The van der Waals surface area contributed by atoms with E-state index < -0.39 is 26.9 Å². The molecule has 150 valence electrons. The highest BCUT2D eigenvalue weighted by Gasteiger charge is 2.33. The molecule has 7 nitrogen and oxygen atoms in total. The highest BCUT2D eigenvalue weighted by molar-refractivity contribution is 7.91. The van der Waals surface area contributed by atoms with Crippen molar-refractivity contribution in [1.82, 2.24) is 10.6 Å². The van der Waals surface area contributed by atoms with Gasteiger partial charge in [0.25, 0.3) is 0 Å². The number of nitrogens with one attached hydrogen (secondary N) is 2. The molecule has 0 radical (unpaired) electrons. The van der Waals surface area contributed by atoms with Gasteiger partial charge in [-0.1, -0.05) is 26.0 Å². The van der Waals surface area contributed by atoms with Gasteiger partial charge in [0, 0.05) is 12.6 Å². The van der Waals surface area contributed by atoms with E-state index in [9.17, 15) is 18.0 Å². The number of amides is 2. The molecule has 0 spiro atoms. The van der Waals surface area contributed by atoms with Crippen molar-refractivity contribution in [3.63, 3.8) is 0 Å². The van der Waals surface area contributed by atoms with Crippen LogP contribution in [0.2, 0.25) is 0 Å². The summed E-state index contributed by atoms with van der Waals surface area (Å²) in [6, 6.07) is 9.84. The number of hydrogen-bond donors (Lipinski definition) is 2. The monoisotopic (exact) mass is 404 g/mol. The lowest BCUT2D eigenvalue weighted by molar-refractivity contribution is -0.139. The second-order valence-electron chi connectivity index (χ2n) is 7.23. The van der Waals surface area contributed by atoms with Crippen LogP contribution in [0.4, 0.5) is 0 Å². The van der Waals surface area contributed by atoms with Gasteiger partial charge in [0.15, 0.2) is 9.84 Å². The third-order valence-corrected chi connectivity index (χ3v) is 6.75. The minimum atomic E-state index is -3.84. The molecule has 0 aliphatic heterocycles. The third-order valence-electron chi connectivity index (χ3n) is 4.68. The number of carbonyl (C=O) groups excluding carboxylic acids is 2. The zero-order chi connectivity index (χ0) is 20.3. The molecular formula is C20H24N2O5S. The molecule has 3 rings (SSSR count). The number of sulfone groups is 1. The topological polar surface area (TPSA) is 105 Å². The summed E-state index contributed by atoms with van der Waals surface area (Å²) >= 11 is 0. The molecule has 1 aliphatic carbocycles. The lowest BCUT2D eigenvalue weighted by Crippen LogP contribution is -2.43. The molecule has 1 heterocycles. The first kappa shape index (κ1) is 20.1. The highest BCUT2D eigenvalue weighted by Crippen LogP contribution is 2.30. The molecule has 0 bridgehead atoms. The summed E-state index contributed by atoms with van der Waals surface area (Å²) in [5.74, 6) is -1.12. The molecule has 1 saturated carbocycles. The molecule has 2 amide bonds. The van der Waals surface area contributed by atoms with Crippen LogP contribution in [0.1, 0.15) is 49.2 Å². The summed E-state index contributed by atoms with van der Waals surface area (Å²) in [6.45, 7) is 3.79. The van der Waals surface area contributed by atoms with Gasteiger partial charge in [0.1, 0.15) is 11.0 Å². The molecule has 1 aliphatic rings. The number of carbonyl (C=O) groups is 2. The van der Waals surface area contributed by atoms with Gasteiger partial charge >= 0.3 is 11.8 Å². The lowest BCUT2D eigenvalue weighted by atomic mass is 10.0. The zero-order valence-electron chi connectivity index (χ0n) is 15.8. The van der Waals surface area contributed by atoms with Gasteiger partial charge in [0.2, 0.25) is 0 Å². The minimum Gasteiger partial charge on any atom is -0.468 e. The van der Waals surface area contributed by atoms with Gasteiger partial charge in [-0.25, -0.2) is 8.42 Å². The van der Waals surface area contributed by atoms with E-state index in [1.807, 2.05) is 13.8 Å². The van der Waals surface area contributed by atoms with Gasteiger partial charge in [0.05, 0.1) is 11.2 Å². The van der Waals surface area contributed by atoms with Crippen molar-refractivity contribution in [2.45, 2.75) is 48.8 Å². The molecule has 28 heavy (non-hydrogen) atoms. The van der Waals surface area contributed by atoms with Crippen LogP contribution in [0.5, 0.6) is 0 Å². The van der Waals surface area contributed by atoms with Crippen molar-refractivity contribution in [3.8, 4) is 0 Å². The Balaban J connectivity index is 1.79. The molecule has 1 atom stereocenters. The average molecular weight is 404 g/mol. The Bertz CT molecular complexity index is 929. The Morgan fingerprint density at radius 1 is 1.11 bits per heavy atom. The Morgan fingerprint density at radius 2 is 1.79 bits per heavy atom. The molecule has 0 unspecified atom stereocenters. The molecule has 1 aromatic heterocycles. The Kier molecular flexibility index (Phi) is 5.88. The predicted molar refractivity (Wildman–Crippen MR) is 103 cm³/mol. The fourth-order valence-electron chi connectivity index (χ4n) is 2.79. The van der Waals surface area contributed by atoms with Crippen molar-refractivity contribution in [1.29, 1.82) is 0 Å². The van der Waals surface area contributed by atoms with Crippen molar-refractivity contribution >= 4 is 21.7 Å². The average Bonchev–Trinajstić information content (AvgIpc) is 3.32. The number of hydrogen-bond acceptors (Lipinski definition) is 5. The van der Waals surface area contributed by atoms with Crippen LogP contribution >= 0.6 is 0 Å². The van der Waals surface area contributed by atoms with Crippen molar-refractivity contribution in [3.05, 3.63) is 54.0 Å². The van der Waals surface area contributed by atoms with E-state index in [1.54, 1.807) is 36.4 Å². The first-order valence-corrected chi connectivity index (χ1v) is 10.8. The fourth-order valence-corrected chi connectivity index (χ4v) is 4.38. The Hall–Kier alpha value is -2.61. The van der Waals surface area contributed by atoms with E-state index in [-0.39, 0.29) is 29.2 Å². The Labute approximate surface area is 164 Å². The van der Waals surface area contributed by atoms with Gasteiger partial charge < -0.3 is 15.1 Å². The zero-order valence-corrected chi connectivity index (χ0v) is 16.7. The largest absolute Gasteiger partial charge is 0.468 e. The second kappa shape index (κ2) is 8.18. The number of furan rings is 1. The van der Waals surface area contributed by atoms with E-state index in [0.29, 0.717) is 0 Å². The highest BCUT2D eigenvalue weighted by atomic mass is 32.2. The van der Waals surface area contributed by atoms with Crippen LogP contribution in [-0.4, -0.2) is 32.8 Å². The standard InChI is InChI=1S/C20H24N2O5S/c1-13(2)14-5-9-16(10-6-14)28(25,26)18(17-4-3-11-27-17)12-21-19(23)20(24)22-15-7-8-15/h3-6,9-11,13,15,18H,7-8,12H2,1-2H3,(H,21,23)(H,22,24)/t18-/m1/s1. The molecule has 0 saturated heterocycles. The fraction of sp³-hybridized carbons (Fsp3) is 0.400. The van der Waals surface area contributed by atoms with Crippen LogP contribution in [0.25, 0.3) is 0 Å². The van der Waals surface area contributed by atoms with Crippen LogP contribution < -0.4 is 10.6 Å². The summed E-state index contributed by atoms with van der Waals surface area (Å²) in [5.41, 5.74) is 1.03. The smallest absolute Gasteiger partial charge is 0.309 e. The molecule has 2 N–H and O–H groups in total. The van der Waals surface area contributed by atoms with E-state index in [1.165, 1.54) is 6.26 Å². The maximum absolute atomic E-state index is 13.2. The first-order chi connectivity index (χ1) is 13.3. The quantitative estimate of drug-likeness (QED) is 0.689. The van der Waals surface area contributed by atoms with Crippen molar-refractivity contribution < 1.29 is 22.4 Å². The molecule has 2 aromatic rings. The lowest BCUT2D eigenvalue weighted by Gasteiger charge is -2.17. The summed E-state index contributed by atoms with van der Waals surface area (Å²) in [5, 5.41) is 3.86. The summed E-state index contributed by atoms with van der Waals surface area (Å²) in [4.78, 5) is 24.0.